The molecule has 1 aromatic carbocycles. The van der Waals surface area contributed by atoms with Gasteiger partial charge < -0.3 is 5.32 Å². The Morgan fingerprint density at radius 2 is 2.21 bits per heavy atom. The molecule has 19 heavy (non-hydrogen) atoms. The molecule has 102 valence electrons. The van der Waals surface area contributed by atoms with Gasteiger partial charge in [-0.3, -0.25) is 0 Å². The Hall–Kier alpha value is -0.930. The Morgan fingerprint density at radius 1 is 1.37 bits per heavy atom. The lowest BCUT2D eigenvalue weighted by Gasteiger charge is -2.15. The summed E-state index contributed by atoms with van der Waals surface area (Å²) in [7, 11) is 0. The Labute approximate surface area is 119 Å². The van der Waals surface area contributed by atoms with Crippen molar-refractivity contribution in [3.63, 3.8) is 0 Å². The average molecular weight is 274 g/mol. The van der Waals surface area contributed by atoms with Gasteiger partial charge in [0.1, 0.15) is 5.01 Å². The number of hydrogen-bond acceptors (Lipinski definition) is 3. The van der Waals surface area contributed by atoms with Gasteiger partial charge in [-0.2, -0.15) is 0 Å². The Balaban J connectivity index is 1.61. The molecule has 0 radical (unpaired) electrons. The number of aromatic nitrogens is 1. The molecule has 0 spiro atoms. The molecule has 1 aliphatic carbocycles. The van der Waals surface area contributed by atoms with Crippen LogP contribution in [0.3, 0.4) is 0 Å². The summed E-state index contributed by atoms with van der Waals surface area (Å²) in [4.78, 5) is 4.73. The number of nitrogens with one attached hydrogen (secondary N) is 1. The number of rotatable bonds is 4. The zero-order valence-electron chi connectivity index (χ0n) is 11.7. The summed E-state index contributed by atoms with van der Waals surface area (Å²) >= 11 is 1.81. The van der Waals surface area contributed by atoms with Crippen molar-refractivity contribution < 1.29 is 0 Å². The van der Waals surface area contributed by atoms with Crippen LogP contribution in [-0.4, -0.2) is 11.5 Å². The van der Waals surface area contributed by atoms with E-state index in [0.717, 1.165) is 23.9 Å². The van der Waals surface area contributed by atoms with Crippen molar-refractivity contribution >= 4 is 21.6 Å². The molecule has 3 heteroatoms. The molecular weight excluding hydrogens is 252 g/mol. The van der Waals surface area contributed by atoms with Crippen LogP contribution >= 0.6 is 11.3 Å². The summed E-state index contributed by atoms with van der Waals surface area (Å²) in [5.41, 5.74) is 1.13. The van der Waals surface area contributed by atoms with Crippen molar-refractivity contribution in [2.75, 3.05) is 6.54 Å². The SMILES string of the molecule is CC1CCC(CNC(C)c2nc3ccccc3s2)C1. The van der Waals surface area contributed by atoms with Gasteiger partial charge in [0, 0.05) is 0 Å². The van der Waals surface area contributed by atoms with E-state index in [-0.39, 0.29) is 0 Å². The molecule has 1 N–H and O–H groups in total. The molecule has 0 bridgehead atoms. The van der Waals surface area contributed by atoms with Crippen LogP contribution in [0.2, 0.25) is 0 Å². The molecule has 1 aliphatic rings. The maximum absolute atomic E-state index is 4.73. The van der Waals surface area contributed by atoms with Crippen molar-refractivity contribution in [1.29, 1.82) is 0 Å². The lowest BCUT2D eigenvalue weighted by molar-refractivity contribution is 0.440. The number of benzene rings is 1. The lowest BCUT2D eigenvalue weighted by Crippen LogP contribution is -2.24. The highest BCUT2D eigenvalue weighted by molar-refractivity contribution is 7.18. The van der Waals surface area contributed by atoms with Crippen LogP contribution < -0.4 is 5.32 Å². The third-order valence-electron chi connectivity index (χ3n) is 4.20. The van der Waals surface area contributed by atoms with Gasteiger partial charge in [0.25, 0.3) is 0 Å². The summed E-state index contributed by atoms with van der Waals surface area (Å²) in [5.74, 6) is 1.79. The fourth-order valence-electron chi connectivity index (χ4n) is 3.02. The molecule has 0 aliphatic heterocycles. The topological polar surface area (TPSA) is 24.9 Å². The number of thiazole rings is 1. The zero-order chi connectivity index (χ0) is 13.2. The molecule has 1 aromatic heterocycles. The molecule has 1 saturated carbocycles. The van der Waals surface area contributed by atoms with E-state index in [2.05, 4.69) is 43.4 Å². The van der Waals surface area contributed by atoms with Crippen molar-refractivity contribution in [2.45, 2.75) is 39.2 Å². The molecule has 0 amide bonds. The summed E-state index contributed by atoms with van der Waals surface area (Å²) < 4.78 is 1.29. The summed E-state index contributed by atoms with van der Waals surface area (Å²) in [6.45, 7) is 5.74. The summed E-state index contributed by atoms with van der Waals surface area (Å²) in [6.07, 6.45) is 4.18. The predicted molar refractivity (Wildman–Crippen MR) is 82.5 cm³/mol. The highest BCUT2D eigenvalue weighted by Gasteiger charge is 2.22. The molecule has 3 unspecified atom stereocenters. The van der Waals surface area contributed by atoms with E-state index >= 15 is 0 Å². The predicted octanol–water partition coefficient (Wildman–Crippen LogP) is 4.38. The second-order valence-corrected chi connectivity index (χ2v) is 7.00. The quantitative estimate of drug-likeness (QED) is 0.894. The lowest BCUT2D eigenvalue weighted by atomic mass is 10.1. The fourth-order valence-corrected chi connectivity index (χ4v) is 4.01. The highest BCUT2D eigenvalue weighted by Crippen LogP contribution is 2.31. The van der Waals surface area contributed by atoms with Crippen LogP contribution in [0, 0.1) is 11.8 Å². The van der Waals surface area contributed by atoms with Gasteiger partial charge in [-0.25, -0.2) is 4.98 Å². The van der Waals surface area contributed by atoms with E-state index in [9.17, 15) is 0 Å². The number of para-hydroxylation sites is 1. The second-order valence-electron chi connectivity index (χ2n) is 5.93. The molecule has 0 saturated heterocycles. The second kappa shape index (κ2) is 5.59. The largest absolute Gasteiger partial charge is 0.308 e. The Kier molecular flexibility index (Phi) is 3.85. The van der Waals surface area contributed by atoms with Gasteiger partial charge in [-0.05, 0) is 50.3 Å². The monoisotopic (exact) mass is 274 g/mol. The maximum atomic E-state index is 4.73. The van der Waals surface area contributed by atoms with Crippen LogP contribution in [0.25, 0.3) is 10.2 Å². The minimum atomic E-state index is 0.369. The maximum Gasteiger partial charge on any atom is 0.111 e. The zero-order valence-corrected chi connectivity index (χ0v) is 12.5. The van der Waals surface area contributed by atoms with E-state index in [4.69, 9.17) is 4.98 Å². The first-order valence-corrected chi connectivity index (χ1v) is 8.13. The van der Waals surface area contributed by atoms with E-state index in [0.29, 0.717) is 6.04 Å². The van der Waals surface area contributed by atoms with Gasteiger partial charge in [0.15, 0.2) is 0 Å². The number of fused-ring (bicyclic) bond motifs is 1. The van der Waals surface area contributed by atoms with Gasteiger partial charge in [-0.15, -0.1) is 11.3 Å². The molecule has 1 fully saturated rings. The molecule has 2 nitrogen and oxygen atoms in total. The third kappa shape index (κ3) is 2.98. The summed E-state index contributed by atoms with van der Waals surface area (Å²) in [5, 5.41) is 4.89. The third-order valence-corrected chi connectivity index (χ3v) is 5.42. The standard InChI is InChI=1S/C16H22N2S/c1-11-7-8-13(9-11)10-17-12(2)16-18-14-5-3-4-6-15(14)19-16/h3-6,11-13,17H,7-10H2,1-2H3. The van der Waals surface area contributed by atoms with E-state index in [1.807, 2.05) is 11.3 Å². The van der Waals surface area contributed by atoms with Gasteiger partial charge in [0.05, 0.1) is 16.3 Å². The summed E-state index contributed by atoms with van der Waals surface area (Å²) in [6, 6.07) is 8.77. The van der Waals surface area contributed by atoms with Crippen LogP contribution in [0.15, 0.2) is 24.3 Å². The van der Waals surface area contributed by atoms with Crippen molar-refractivity contribution in [1.82, 2.24) is 10.3 Å². The van der Waals surface area contributed by atoms with Crippen molar-refractivity contribution in [3.05, 3.63) is 29.3 Å². The number of nitrogens with zero attached hydrogens (tertiary/aromatic N) is 1. The van der Waals surface area contributed by atoms with E-state index in [1.54, 1.807) is 0 Å². The van der Waals surface area contributed by atoms with Crippen LogP contribution in [0.4, 0.5) is 0 Å². The van der Waals surface area contributed by atoms with E-state index < -0.39 is 0 Å². The van der Waals surface area contributed by atoms with Crippen molar-refractivity contribution in [3.8, 4) is 0 Å². The number of hydrogen-bond donors (Lipinski definition) is 1. The molecule has 3 atom stereocenters. The minimum absolute atomic E-state index is 0.369. The smallest absolute Gasteiger partial charge is 0.111 e. The van der Waals surface area contributed by atoms with Crippen molar-refractivity contribution in [2.24, 2.45) is 11.8 Å². The van der Waals surface area contributed by atoms with Crippen LogP contribution in [-0.2, 0) is 0 Å². The molecule has 1 heterocycles. The first kappa shape index (κ1) is 13.1. The normalized spacial score (nSPS) is 24.9. The Bertz CT molecular complexity index is 515. The van der Waals surface area contributed by atoms with Gasteiger partial charge >= 0.3 is 0 Å². The molecule has 2 aromatic rings. The highest BCUT2D eigenvalue weighted by atomic mass is 32.1. The van der Waals surface area contributed by atoms with Gasteiger partial charge in [-0.1, -0.05) is 25.5 Å². The van der Waals surface area contributed by atoms with Gasteiger partial charge in [0.2, 0.25) is 0 Å². The molecular formula is C16H22N2S. The average Bonchev–Trinajstić information content (AvgIpc) is 3.01. The first-order valence-electron chi connectivity index (χ1n) is 7.31. The fraction of sp³-hybridized carbons (Fsp3) is 0.562. The van der Waals surface area contributed by atoms with Crippen LogP contribution in [0.1, 0.15) is 44.2 Å². The molecule has 3 rings (SSSR count). The van der Waals surface area contributed by atoms with Crippen LogP contribution in [0.5, 0.6) is 0 Å². The van der Waals surface area contributed by atoms with E-state index in [1.165, 1.54) is 29.0 Å². The minimum Gasteiger partial charge on any atom is -0.308 e. The Morgan fingerprint density at radius 3 is 2.95 bits per heavy atom. The first-order chi connectivity index (χ1) is 9.22.